The van der Waals surface area contributed by atoms with Gasteiger partial charge >= 0.3 is 0 Å². The minimum absolute atomic E-state index is 0.108. The highest BCUT2D eigenvalue weighted by atomic mass is 19.1. The van der Waals surface area contributed by atoms with Gasteiger partial charge in [-0.1, -0.05) is 31.2 Å². The fraction of sp³-hybridized carbons (Fsp3) is 0.219. The topological polar surface area (TPSA) is 104 Å². The summed E-state index contributed by atoms with van der Waals surface area (Å²) in [6, 6.07) is 22.5. The number of aliphatic hydroxyl groups is 1. The molecular formula is C32H30F2N6O3. The van der Waals surface area contributed by atoms with Crippen LogP contribution in [0.5, 0.6) is 5.75 Å². The van der Waals surface area contributed by atoms with Crippen molar-refractivity contribution in [1.29, 1.82) is 0 Å². The smallest absolute Gasteiger partial charge is 0.254 e. The number of benzene rings is 3. The van der Waals surface area contributed by atoms with Crippen LogP contribution in [0.25, 0.3) is 16.8 Å². The van der Waals surface area contributed by atoms with Gasteiger partial charge in [0, 0.05) is 28.9 Å². The van der Waals surface area contributed by atoms with Gasteiger partial charge in [0.2, 0.25) is 5.95 Å². The molecule has 0 spiro atoms. The largest absolute Gasteiger partial charge is 0.495 e. The molecule has 1 fully saturated rings. The third-order valence-electron chi connectivity index (χ3n) is 7.55. The molecule has 1 aliphatic heterocycles. The van der Waals surface area contributed by atoms with Gasteiger partial charge in [0.05, 0.1) is 25.9 Å². The molecule has 3 aromatic carbocycles. The van der Waals surface area contributed by atoms with Crippen molar-refractivity contribution in [2.75, 3.05) is 30.8 Å². The summed E-state index contributed by atoms with van der Waals surface area (Å²) in [5.41, 5.74) is 5.07. The highest BCUT2D eigenvalue weighted by Crippen LogP contribution is 2.30. The van der Waals surface area contributed by atoms with Gasteiger partial charge in [-0.2, -0.15) is 4.98 Å². The van der Waals surface area contributed by atoms with Gasteiger partial charge in [0.15, 0.2) is 5.65 Å². The average Bonchev–Trinajstić information content (AvgIpc) is 3.41. The Morgan fingerprint density at radius 1 is 1.02 bits per heavy atom. The Bertz CT molecular complexity index is 1750. The van der Waals surface area contributed by atoms with Gasteiger partial charge in [-0.25, -0.2) is 13.3 Å². The van der Waals surface area contributed by atoms with E-state index in [1.165, 1.54) is 24.1 Å². The summed E-state index contributed by atoms with van der Waals surface area (Å²) in [7, 11) is 1.51. The van der Waals surface area contributed by atoms with Gasteiger partial charge in [0.1, 0.15) is 24.0 Å². The number of amides is 1. The molecule has 0 saturated carbocycles. The summed E-state index contributed by atoms with van der Waals surface area (Å²) in [6.45, 7) is 2.09. The molecule has 2 atom stereocenters. The molecule has 3 N–H and O–H groups in total. The first-order valence-electron chi connectivity index (χ1n) is 13.8. The first kappa shape index (κ1) is 28.1. The number of likely N-dealkylation sites (tertiary alicyclic amines) is 1. The first-order valence-corrected chi connectivity index (χ1v) is 13.8. The molecule has 11 heteroatoms. The standard InChI is InChI=1S/C32H30F2N6O3/c1-19(20-3-9-24(33)10-4-20)30(41)35-26-11-5-21(6-12-26)23-8-14-29-37-32(38-40(29)16-23)36-27-13-7-22(15-28(27)43-2)31(42)39-17-25(34)18-39/h3-16,19,25,30,35,41H,17-18H2,1-2H3,(H,36,38)/t19-,30?/m1/s1. The van der Waals surface area contributed by atoms with Crippen LogP contribution < -0.4 is 15.4 Å². The van der Waals surface area contributed by atoms with Crippen LogP contribution in [-0.4, -0.2) is 63.1 Å². The minimum Gasteiger partial charge on any atom is -0.495 e. The van der Waals surface area contributed by atoms with Crippen LogP contribution in [0.15, 0.2) is 85.1 Å². The Morgan fingerprint density at radius 3 is 2.44 bits per heavy atom. The molecule has 0 aliphatic carbocycles. The zero-order valence-corrected chi connectivity index (χ0v) is 23.5. The minimum atomic E-state index is -0.965. The second kappa shape index (κ2) is 11.7. The molecule has 220 valence electrons. The van der Waals surface area contributed by atoms with Crippen molar-refractivity contribution < 1.29 is 23.4 Å². The molecule has 1 amide bonds. The molecule has 3 heterocycles. The number of fused-ring (bicyclic) bond motifs is 1. The van der Waals surface area contributed by atoms with Crippen LogP contribution in [0.3, 0.4) is 0 Å². The molecule has 1 saturated heterocycles. The number of alkyl halides is 1. The number of nitrogens with zero attached hydrogens (tertiary/aromatic N) is 4. The molecule has 2 aromatic heterocycles. The number of halogens is 2. The van der Waals surface area contributed by atoms with E-state index >= 15 is 0 Å². The Labute approximate surface area is 246 Å². The van der Waals surface area contributed by atoms with Gasteiger partial charge in [0.25, 0.3) is 5.91 Å². The maximum Gasteiger partial charge on any atom is 0.254 e. The Balaban J connectivity index is 1.13. The zero-order valence-electron chi connectivity index (χ0n) is 23.5. The van der Waals surface area contributed by atoms with Crippen molar-refractivity contribution in [2.24, 2.45) is 0 Å². The normalized spacial score (nSPS) is 14.7. The first-order chi connectivity index (χ1) is 20.8. The van der Waals surface area contributed by atoms with Gasteiger partial charge in [-0.05, 0) is 65.7 Å². The Hall–Kier alpha value is -5.03. The third kappa shape index (κ3) is 5.98. The Kier molecular flexibility index (Phi) is 7.64. The summed E-state index contributed by atoms with van der Waals surface area (Å²) < 4.78 is 33.6. The second-order valence-electron chi connectivity index (χ2n) is 10.5. The predicted molar refractivity (Wildman–Crippen MR) is 160 cm³/mol. The summed E-state index contributed by atoms with van der Waals surface area (Å²) in [4.78, 5) is 18.6. The van der Waals surface area contributed by atoms with Crippen molar-refractivity contribution in [3.05, 3.63) is 102 Å². The summed E-state index contributed by atoms with van der Waals surface area (Å²) in [5, 5.41) is 21.5. The van der Waals surface area contributed by atoms with E-state index in [1.807, 2.05) is 49.5 Å². The number of carbonyl (C=O) groups is 1. The quantitative estimate of drug-likeness (QED) is 0.193. The van der Waals surface area contributed by atoms with Crippen LogP contribution in [0, 0.1) is 5.82 Å². The third-order valence-corrected chi connectivity index (χ3v) is 7.55. The molecule has 5 aromatic rings. The number of carbonyl (C=O) groups excluding carboxylic acids is 1. The zero-order chi connectivity index (χ0) is 30.1. The lowest BCUT2D eigenvalue weighted by Gasteiger charge is -2.34. The van der Waals surface area contributed by atoms with Crippen molar-refractivity contribution in [1.82, 2.24) is 19.5 Å². The SMILES string of the molecule is COc1cc(C(=O)N2CC(F)C2)ccc1Nc1nc2ccc(-c3ccc(NC(O)[C@H](C)c4ccc(F)cc4)cc3)cn2n1. The average molecular weight is 585 g/mol. The number of hydrogen-bond acceptors (Lipinski definition) is 7. The highest BCUT2D eigenvalue weighted by Gasteiger charge is 2.31. The molecule has 9 nitrogen and oxygen atoms in total. The van der Waals surface area contributed by atoms with Crippen molar-refractivity contribution in [2.45, 2.75) is 25.2 Å². The fourth-order valence-electron chi connectivity index (χ4n) is 4.93. The number of hydrogen-bond donors (Lipinski definition) is 3. The number of methoxy groups -OCH3 is 1. The van der Waals surface area contributed by atoms with Crippen LogP contribution in [0.4, 0.5) is 26.1 Å². The highest BCUT2D eigenvalue weighted by molar-refractivity contribution is 5.96. The van der Waals surface area contributed by atoms with Gasteiger partial charge in [-0.15, -0.1) is 5.10 Å². The summed E-state index contributed by atoms with van der Waals surface area (Å²) in [6.07, 6.45) is 0.0486. The van der Waals surface area contributed by atoms with Gasteiger partial charge in [-0.3, -0.25) is 4.79 Å². The lowest BCUT2D eigenvalue weighted by molar-refractivity contribution is 0.0400. The maximum absolute atomic E-state index is 13.2. The van der Waals surface area contributed by atoms with E-state index in [0.29, 0.717) is 28.6 Å². The van der Waals surface area contributed by atoms with E-state index < -0.39 is 12.4 Å². The molecule has 43 heavy (non-hydrogen) atoms. The van der Waals surface area contributed by atoms with E-state index in [4.69, 9.17) is 4.74 Å². The van der Waals surface area contributed by atoms with Crippen LogP contribution in [0.2, 0.25) is 0 Å². The van der Waals surface area contributed by atoms with Crippen molar-refractivity contribution in [3.8, 4) is 16.9 Å². The van der Waals surface area contributed by atoms with E-state index in [9.17, 15) is 18.7 Å². The predicted octanol–water partition coefficient (Wildman–Crippen LogP) is 5.62. The van der Waals surface area contributed by atoms with Crippen molar-refractivity contribution >= 4 is 28.9 Å². The van der Waals surface area contributed by atoms with E-state index in [1.54, 1.807) is 34.8 Å². The van der Waals surface area contributed by atoms with E-state index in [-0.39, 0.29) is 30.7 Å². The maximum atomic E-state index is 13.2. The number of anilines is 3. The molecule has 1 unspecified atom stereocenters. The molecular weight excluding hydrogens is 554 g/mol. The van der Waals surface area contributed by atoms with Crippen LogP contribution >= 0.6 is 0 Å². The number of rotatable bonds is 9. The lowest BCUT2D eigenvalue weighted by Crippen LogP contribution is -2.51. The molecule has 6 rings (SSSR count). The molecule has 0 bridgehead atoms. The van der Waals surface area contributed by atoms with Crippen molar-refractivity contribution in [3.63, 3.8) is 0 Å². The second-order valence-corrected chi connectivity index (χ2v) is 10.5. The number of aromatic nitrogens is 3. The molecule has 0 radical (unpaired) electrons. The monoisotopic (exact) mass is 584 g/mol. The van der Waals surface area contributed by atoms with E-state index in [0.717, 1.165) is 22.4 Å². The Morgan fingerprint density at radius 2 is 1.74 bits per heavy atom. The van der Waals surface area contributed by atoms with Crippen LogP contribution in [0.1, 0.15) is 28.8 Å². The van der Waals surface area contributed by atoms with Gasteiger partial charge < -0.3 is 25.4 Å². The summed E-state index contributed by atoms with van der Waals surface area (Å²) >= 11 is 0. The van der Waals surface area contributed by atoms with Crippen LogP contribution in [-0.2, 0) is 0 Å². The number of pyridine rings is 1. The lowest BCUT2D eigenvalue weighted by atomic mass is 9.99. The number of ether oxygens (including phenoxy) is 1. The number of nitrogens with one attached hydrogen (secondary N) is 2. The number of aliphatic hydroxyl groups excluding tert-OH is 1. The van der Waals surface area contributed by atoms with E-state index in [2.05, 4.69) is 20.7 Å². The fourth-order valence-corrected chi connectivity index (χ4v) is 4.93. The summed E-state index contributed by atoms with van der Waals surface area (Å²) in [5.74, 6) is -0.00647. The molecule has 1 aliphatic rings.